The minimum Gasteiger partial charge on any atom is -0.497 e. The van der Waals surface area contributed by atoms with Crippen LogP contribution >= 0.6 is 0 Å². The molecule has 0 unspecified atom stereocenters. The summed E-state index contributed by atoms with van der Waals surface area (Å²) in [5.41, 5.74) is 4.59. The fourth-order valence-corrected chi connectivity index (χ4v) is 3.70. The van der Waals surface area contributed by atoms with Gasteiger partial charge in [-0.2, -0.15) is 5.10 Å². The number of hydrogen-bond donors (Lipinski definition) is 1. The van der Waals surface area contributed by atoms with E-state index in [-0.39, 0.29) is 18.0 Å². The first-order valence-electron chi connectivity index (χ1n) is 9.98. The molecule has 0 spiro atoms. The van der Waals surface area contributed by atoms with Crippen LogP contribution in [-0.4, -0.2) is 27.4 Å². The lowest BCUT2D eigenvalue weighted by Gasteiger charge is -2.13. The number of pyridine rings is 1. The standard InChI is InChI=1S/C24H24N4O3/c1-15-5-9-19(10-6-15)28-24-23(17(3)26-28)16(2)13-22(30)27(24)14-21(29)25-18-7-11-20(31-4)12-8-18/h5-13H,14H2,1-4H3,(H,25,29). The topological polar surface area (TPSA) is 78.2 Å². The zero-order chi connectivity index (χ0) is 22.1. The molecule has 2 aromatic heterocycles. The Balaban J connectivity index is 1.76. The van der Waals surface area contributed by atoms with E-state index in [2.05, 4.69) is 10.4 Å². The summed E-state index contributed by atoms with van der Waals surface area (Å²) in [4.78, 5) is 25.7. The number of rotatable bonds is 5. The maximum Gasteiger partial charge on any atom is 0.252 e. The minimum atomic E-state index is -0.299. The van der Waals surface area contributed by atoms with Crippen LogP contribution < -0.4 is 15.6 Å². The molecule has 0 radical (unpaired) electrons. The van der Waals surface area contributed by atoms with E-state index in [1.165, 1.54) is 4.57 Å². The molecule has 4 rings (SSSR count). The molecule has 158 valence electrons. The second-order valence-electron chi connectivity index (χ2n) is 7.56. The first kappa shape index (κ1) is 20.4. The molecule has 0 bridgehead atoms. The van der Waals surface area contributed by atoms with E-state index < -0.39 is 0 Å². The number of nitrogens with one attached hydrogen (secondary N) is 1. The highest BCUT2D eigenvalue weighted by molar-refractivity contribution is 5.92. The summed E-state index contributed by atoms with van der Waals surface area (Å²) in [6.45, 7) is 5.68. The third-order valence-electron chi connectivity index (χ3n) is 5.25. The second-order valence-corrected chi connectivity index (χ2v) is 7.56. The lowest BCUT2D eigenvalue weighted by molar-refractivity contribution is -0.116. The summed E-state index contributed by atoms with van der Waals surface area (Å²) < 4.78 is 8.35. The molecule has 0 fully saturated rings. The average Bonchev–Trinajstić information content (AvgIpc) is 3.09. The van der Waals surface area contributed by atoms with Gasteiger partial charge in [0.2, 0.25) is 5.91 Å². The molecule has 2 heterocycles. The first-order valence-corrected chi connectivity index (χ1v) is 9.98. The molecule has 31 heavy (non-hydrogen) atoms. The molecule has 0 aliphatic carbocycles. The van der Waals surface area contributed by atoms with E-state index in [0.717, 1.165) is 27.9 Å². The molecule has 0 aliphatic rings. The number of carbonyl (C=O) groups excluding carboxylic acids is 1. The smallest absolute Gasteiger partial charge is 0.252 e. The van der Waals surface area contributed by atoms with Gasteiger partial charge < -0.3 is 10.1 Å². The van der Waals surface area contributed by atoms with Gasteiger partial charge >= 0.3 is 0 Å². The Morgan fingerprint density at radius 3 is 2.35 bits per heavy atom. The molecule has 0 saturated heterocycles. The fourth-order valence-electron chi connectivity index (χ4n) is 3.70. The highest BCUT2D eigenvalue weighted by atomic mass is 16.5. The van der Waals surface area contributed by atoms with Gasteiger partial charge in [0.05, 0.1) is 18.5 Å². The average molecular weight is 416 g/mol. The van der Waals surface area contributed by atoms with E-state index in [0.29, 0.717) is 17.1 Å². The van der Waals surface area contributed by atoms with Gasteiger partial charge in [-0.05, 0) is 62.7 Å². The normalized spacial score (nSPS) is 11.0. The third-order valence-corrected chi connectivity index (χ3v) is 5.25. The fraction of sp³-hybridized carbons (Fsp3) is 0.208. The van der Waals surface area contributed by atoms with Crippen molar-refractivity contribution < 1.29 is 9.53 Å². The van der Waals surface area contributed by atoms with Gasteiger partial charge in [0, 0.05) is 17.1 Å². The summed E-state index contributed by atoms with van der Waals surface area (Å²) in [6.07, 6.45) is 0. The number of fused-ring (bicyclic) bond motifs is 1. The zero-order valence-corrected chi connectivity index (χ0v) is 18.0. The van der Waals surface area contributed by atoms with Gasteiger partial charge in [-0.15, -0.1) is 0 Å². The second kappa shape index (κ2) is 8.10. The van der Waals surface area contributed by atoms with Gasteiger partial charge in [0.25, 0.3) is 5.56 Å². The molecular weight excluding hydrogens is 392 g/mol. The molecule has 1 N–H and O–H groups in total. The van der Waals surface area contributed by atoms with Crippen LogP contribution in [0.2, 0.25) is 0 Å². The van der Waals surface area contributed by atoms with Crippen LogP contribution in [-0.2, 0) is 11.3 Å². The van der Waals surface area contributed by atoms with Crippen molar-refractivity contribution in [1.82, 2.24) is 14.3 Å². The van der Waals surface area contributed by atoms with Crippen molar-refractivity contribution >= 4 is 22.6 Å². The number of carbonyl (C=O) groups is 1. The Morgan fingerprint density at radius 1 is 1.03 bits per heavy atom. The van der Waals surface area contributed by atoms with E-state index in [9.17, 15) is 9.59 Å². The Bertz CT molecular complexity index is 1320. The van der Waals surface area contributed by atoms with Crippen molar-refractivity contribution in [2.45, 2.75) is 27.3 Å². The molecule has 2 aromatic carbocycles. The number of aromatic nitrogens is 3. The summed E-state index contributed by atoms with van der Waals surface area (Å²) in [7, 11) is 1.59. The van der Waals surface area contributed by atoms with E-state index in [1.807, 2.05) is 45.0 Å². The monoisotopic (exact) mass is 416 g/mol. The predicted molar refractivity (Wildman–Crippen MR) is 121 cm³/mol. The number of benzene rings is 2. The summed E-state index contributed by atoms with van der Waals surface area (Å²) in [6, 6.07) is 16.5. The van der Waals surface area contributed by atoms with Crippen molar-refractivity contribution in [3.8, 4) is 11.4 Å². The SMILES string of the molecule is COc1ccc(NC(=O)Cn2c(=O)cc(C)c3c(C)nn(-c4ccc(C)cc4)c32)cc1. The van der Waals surface area contributed by atoms with Gasteiger partial charge in [0.15, 0.2) is 0 Å². The minimum absolute atomic E-state index is 0.126. The van der Waals surface area contributed by atoms with Crippen molar-refractivity contribution in [1.29, 1.82) is 0 Å². The summed E-state index contributed by atoms with van der Waals surface area (Å²) in [5, 5.41) is 8.38. The van der Waals surface area contributed by atoms with Crippen LogP contribution in [0.15, 0.2) is 59.4 Å². The molecule has 7 heteroatoms. The van der Waals surface area contributed by atoms with Gasteiger partial charge in [-0.1, -0.05) is 17.7 Å². The maximum atomic E-state index is 12.9. The number of hydrogen-bond acceptors (Lipinski definition) is 4. The van der Waals surface area contributed by atoms with Crippen LogP contribution in [0.4, 0.5) is 5.69 Å². The van der Waals surface area contributed by atoms with Crippen molar-refractivity contribution in [2.75, 3.05) is 12.4 Å². The number of anilines is 1. The molecule has 4 aromatic rings. The quantitative estimate of drug-likeness (QED) is 0.537. The van der Waals surface area contributed by atoms with Gasteiger partial charge in [-0.25, -0.2) is 4.68 Å². The van der Waals surface area contributed by atoms with Crippen LogP contribution in [0, 0.1) is 20.8 Å². The Morgan fingerprint density at radius 2 is 1.71 bits per heavy atom. The molecule has 0 saturated carbocycles. The Labute approximate surface area is 179 Å². The van der Waals surface area contributed by atoms with E-state index >= 15 is 0 Å². The molecule has 0 aliphatic heterocycles. The molecule has 0 atom stereocenters. The maximum absolute atomic E-state index is 12.9. The Kier molecular flexibility index (Phi) is 5.33. The molecular formula is C24H24N4O3. The third kappa shape index (κ3) is 3.94. The van der Waals surface area contributed by atoms with E-state index in [4.69, 9.17) is 4.74 Å². The summed E-state index contributed by atoms with van der Waals surface area (Å²) >= 11 is 0. The largest absolute Gasteiger partial charge is 0.497 e. The molecule has 1 amide bonds. The van der Waals surface area contributed by atoms with Crippen molar-refractivity contribution in [3.63, 3.8) is 0 Å². The predicted octanol–water partition coefficient (Wildman–Crippen LogP) is 3.76. The number of aryl methyl sites for hydroxylation is 3. The van der Waals surface area contributed by atoms with Crippen LogP contribution in [0.1, 0.15) is 16.8 Å². The lowest BCUT2D eigenvalue weighted by atomic mass is 10.1. The van der Waals surface area contributed by atoms with Crippen molar-refractivity contribution in [3.05, 3.63) is 81.8 Å². The highest BCUT2D eigenvalue weighted by Crippen LogP contribution is 2.24. The van der Waals surface area contributed by atoms with Crippen LogP contribution in [0.25, 0.3) is 16.7 Å². The van der Waals surface area contributed by atoms with Crippen LogP contribution in [0.3, 0.4) is 0 Å². The summed E-state index contributed by atoms with van der Waals surface area (Å²) in [5.74, 6) is 0.402. The first-order chi connectivity index (χ1) is 14.9. The number of nitrogens with zero attached hydrogens (tertiary/aromatic N) is 3. The Hall–Kier alpha value is -3.87. The zero-order valence-electron chi connectivity index (χ0n) is 18.0. The molecule has 7 nitrogen and oxygen atoms in total. The van der Waals surface area contributed by atoms with Crippen molar-refractivity contribution in [2.24, 2.45) is 0 Å². The number of amides is 1. The number of ether oxygens (including phenoxy) is 1. The van der Waals surface area contributed by atoms with Crippen LogP contribution in [0.5, 0.6) is 5.75 Å². The van der Waals surface area contributed by atoms with E-state index in [1.54, 1.807) is 42.1 Å². The highest BCUT2D eigenvalue weighted by Gasteiger charge is 2.18. The number of methoxy groups -OCH3 is 1. The van der Waals surface area contributed by atoms with Gasteiger partial charge in [0.1, 0.15) is 17.9 Å². The van der Waals surface area contributed by atoms with Gasteiger partial charge in [-0.3, -0.25) is 14.2 Å². The lowest BCUT2D eigenvalue weighted by Crippen LogP contribution is -2.29.